The second-order valence-electron chi connectivity index (χ2n) is 4.36. The maximum Gasteiger partial charge on any atom is 0.322 e. The van der Waals surface area contributed by atoms with Crippen LogP contribution in [0.5, 0.6) is 0 Å². The van der Waals surface area contributed by atoms with Crippen molar-refractivity contribution in [3.8, 4) is 0 Å². The summed E-state index contributed by atoms with van der Waals surface area (Å²) in [6.45, 7) is 0.750. The lowest BCUT2D eigenvalue weighted by molar-refractivity contribution is 0.250. The van der Waals surface area contributed by atoms with Crippen molar-refractivity contribution in [1.29, 1.82) is 0 Å². The Morgan fingerprint density at radius 1 is 1.33 bits per heavy atom. The highest BCUT2D eigenvalue weighted by Crippen LogP contribution is 2.41. The summed E-state index contributed by atoms with van der Waals surface area (Å²) in [7, 11) is 0. The molecular weight excluding hydrogens is 190 g/mol. The van der Waals surface area contributed by atoms with Gasteiger partial charge in [-0.25, -0.2) is 4.79 Å². The molecule has 1 heterocycles. The topological polar surface area (TPSA) is 58.4 Å². The Labute approximate surface area is 88.1 Å². The van der Waals surface area contributed by atoms with Gasteiger partial charge in [0.2, 0.25) is 0 Å². The van der Waals surface area contributed by atoms with Crippen LogP contribution in [0.2, 0.25) is 0 Å². The number of urea groups is 1. The maximum absolute atomic E-state index is 11.7. The number of carbonyl (C=O) groups is 1. The van der Waals surface area contributed by atoms with Gasteiger partial charge in [0.05, 0.1) is 23.5 Å². The molecule has 0 bridgehead atoms. The number of nitrogens with two attached hydrogens (primary N) is 1. The van der Waals surface area contributed by atoms with E-state index < -0.39 is 0 Å². The molecule has 78 valence electrons. The van der Waals surface area contributed by atoms with E-state index in [-0.39, 0.29) is 11.6 Å². The number of amides is 2. The third-order valence-electron chi connectivity index (χ3n) is 3.16. The number of nitrogen functional groups attached to an aromatic ring is 1. The molecule has 1 aliphatic heterocycles. The average Bonchev–Trinajstić information content (AvgIpc) is 2.87. The van der Waals surface area contributed by atoms with Gasteiger partial charge in [0.25, 0.3) is 0 Å². The summed E-state index contributed by atoms with van der Waals surface area (Å²) in [6, 6.07) is 7.46. The van der Waals surface area contributed by atoms with Crippen LogP contribution in [0.4, 0.5) is 16.2 Å². The quantitative estimate of drug-likeness (QED) is 0.676. The summed E-state index contributed by atoms with van der Waals surface area (Å²) in [5, 5.41) is 3.01. The first-order chi connectivity index (χ1) is 7.20. The number of carbonyl (C=O) groups excluding carboxylic acids is 1. The van der Waals surface area contributed by atoms with E-state index in [4.69, 9.17) is 5.73 Å². The fourth-order valence-electron chi connectivity index (χ4n) is 2.07. The van der Waals surface area contributed by atoms with Crippen molar-refractivity contribution in [2.45, 2.75) is 18.4 Å². The number of hydrogen-bond donors (Lipinski definition) is 2. The number of para-hydroxylation sites is 2. The fraction of sp³-hybridized carbons (Fsp3) is 0.364. The first kappa shape index (κ1) is 8.59. The zero-order chi connectivity index (χ0) is 10.5. The molecule has 4 nitrogen and oxygen atoms in total. The zero-order valence-electron chi connectivity index (χ0n) is 8.36. The summed E-state index contributed by atoms with van der Waals surface area (Å²) in [5.41, 5.74) is 7.38. The Kier molecular flexibility index (Phi) is 1.52. The van der Waals surface area contributed by atoms with Gasteiger partial charge < -0.3 is 11.1 Å². The molecule has 1 spiro atoms. The molecule has 1 aromatic carbocycles. The van der Waals surface area contributed by atoms with Crippen molar-refractivity contribution in [3.05, 3.63) is 24.3 Å². The molecule has 4 heteroatoms. The molecule has 2 amide bonds. The van der Waals surface area contributed by atoms with Gasteiger partial charge in [0.1, 0.15) is 0 Å². The molecule has 0 atom stereocenters. The van der Waals surface area contributed by atoms with E-state index in [1.807, 2.05) is 24.3 Å². The molecule has 3 N–H and O–H groups in total. The van der Waals surface area contributed by atoms with Crippen molar-refractivity contribution in [3.63, 3.8) is 0 Å². The second-order valence-corrected chi connectivity index (χ2v) is 4.36. The molecule has 3 rings (SSSR count). The van der Waals surface area contributed by atoms with E-state index in [0.29, 0.717) is 5.69 Å². The lowest BCUT2D eigenvalue weighted by Gasteiger charge is -2.16. The minimum absolute atomic E-state index is 0.0228. The van der Waals surface area contributed by atoms with Crippen LogP contribution >= 0.6 is 0 Å². The predicted octanol–water partition coefficient (Wildman–Crippen LogP) is 1.33. The monoisotopic (exact) mass is 203 g/mol. The van der Waals surface area contributed by atoms with Crippen LogP contribution in [0, 0.1) is 0 Å². The number of anilines is 2. The number of nitrogens with one attached hydrogen (secondary N) is 1. The molecule has 1 aromatic rings. The molecular formula is C11H13N3O. The van der Waals surface area contributed by atoms with Crippen molar-refractivity contribution < 1.29 is 4.79 Å². The Balaban J connectivity index is 1.95. The van der Waals surface area contributed by atoms with Crippen LogP contribution in [-0.2, 0) is 0 Å². The average molecular weight is 203 g/mol. The molecule has 0 unspecified atom stereocenters. The van der Waals surface area contributed by atoms with Crippen LogP contribution in [0.25, 0.3) is 0 Å². The van der Waals surface area contributed by atoms with Crippen molar-refractivity contribution in [2.75, 3.05) is 17.2 Å². The molecule has 15 heavy (non-hydrogen) atoms. The Morgan fingerprint density at radius 2 is 2.07 bits per heavy atom. The van der Waals surface area contributed by atoms with E-state index in [1.165, 1.54) is 0 Å². The summed E-state index contributed by atoms with van der Waals surface area (Å²) in [4.78, 5) is 13.5. The number of hydrogen-bond acceptors (Lipinski definition) is 2. The van der Waals surface area contributed by atoms with E-state index in [0.717, 1.165) is 25.1 Å². The summed E-state index contributed by atoms with van der Waals surface area (Å²) in [6.07, 6.45) is 2.17. The van der Waals surface area contributed by atoms with Crippen LogP contribution in [0.1, 0.15) is 12.8 Å². The van der Waals surface area contributed by atoms with Gasteiger partial charge in [-0.2, -0.15) is 0 Å². The highest BCUT2D eigenvalue weighted by molar-refractivity contribution is 5.98. The van der Waals surface area contributed by atoms with Crippen molar-refractivity contribution >= 4 is 17.4 Å². The van der Waals surface area contributed by atoms with E-state index in [9.17, 15) is 4.79 Å². The second kappa shape index (κ2) is 2.66. The minimum Gasteiger partial charge on any atom is -0.397 e. The molecule has 1 aliphatic carbocycles. The highest BCUT2D eigenvalue weighted by atomic mass is 16.2. The van der Waals surface area contributed by atoms with Gasteiger partial charge in [-0.1, -0.05) is 12.1 Å². The molecule has 0 radical (unpaired) electrons. The third-order valence-corrected chi connectivity index (χ3v) is 3.16. The van der Waals surface area contributed by atoms with Crippen molar-refractivity contribution in [2.24, 2.45) is 0 Å². The standard InChI is InChI=1S/C11H13N3O/c12-8-3-1-2-4-9(8)14-7-11(5-6-11)13-10(14)15/h1-4H,5-7,12H2,(H,13,15). The summed E-state index contributed by atoms with van der Waals surface area (Å²) >= 11 is 0. The highest BCUT2D eigenvalue weighted by Gasteiger charge is 2.52. The fourth-order valence-corrected chi connectivity index (χ4v) is 2.07. The van der Waals surface area contributed by atoms with Gasteiger partial charge in [-0.05, 0) is 25.0 Å². The van der Waals surface area contributed by atoms with Gasteiger partial charge in [-0.3, -0.25) is 4.90 Å². The third kappa shape index (κ3) is 1.25. The zero-order valence-corrected chi connectivity index (χ0v) is 8.36. The summed E-state index contributed by atoms with van der Waals surface area (Å²) < 4.78 is 0. The smallest absolute Gasteiger partial charge is 0.322 e. The Morgan fingerprint density at radius 3 is 2.67 bits per heavy atom. The van der Waals surface area contributed by atoms with Crippen molar-refractivity contribution in [1.82, 2.24) is 5.32 Å². The van der Waals surface area contributed by atoms with Crippen LogP contribution < -0.4 is 16.0 Å². The first-order valence-electron chi connectivity index (χ1n) is 5.14. The number of rotatable bonds is 1. The molecule has 1 saturated carbocycles. The van der Waals surface area contributed by atoms with Crippen LogP contribution in [0.15, 0.2) is 24.3 Å². The van der Waals surface area contributed by atoms with Crippen LogP contribution in [-0.4, -0.2) is 18.1 Å². The normalized spacial score (nSPS) is 21.9. The Bertz CT molecular complexity index is 426. The molecule has 1 saturated heterocycles. The first-order valence-corrected chi connectivity index (χ1v) is 5.14. The minimum atomic E-state index is -0.0228. The molecule has 2 aliphatic rings. The van der Waals surface area contributed by atoms with Gasteiger partial charge in [0, 0.05) is 0 Å². The Hall–Kier alpha value is -1.71. The van der Waals surface area contributed by atoms with E-state index >= 15 is 0 Å². The lowest BCUT2D eigenvalue weighted by atomic mass is 10.2. The molecule has 2 fully saturated rings. The summed E-state index contributed by atoms with van der Waals surface area (Å²) in [5.74, 6) is 0. The number of nitrogens with zero attached hydrogens (tertiary/aromatic N) is 1. The largest absolute Gasteiger partial charge is 0.397 e. The number of benzene rings is 1. The van der Waals surface area contributed by atoms with Gasteiger partial charge in [-0.15, -0.1) is 0 Å². The maximum atomic E-state index is 11.7. The van der Waals surface area contributed by atoms with Crippen LogP contribution in [0.3, 0.4) is 0 Å². The SMILES string of the molecule is Nc1ccccc1N1CC2(CC2)NC1=O. The van der Waals surface area contributed by atoms with E-state index in [1.54, 1.807) is 4.90 Å². The predicted molar refractivity (Wildman–Crippen MR) is 58.7 cm³/mol. The van der Waals surface area contributed by atoms with Gasteiger partial charge >= 0.3 is 6.03 Å². The van der Waals surface area contributed by atoms with Gasteiger partial charge in [0.15, 0.2) is 0 Å². The van der Waals surface area contributed by atoms with E-state index in [2.05, 4.69) is 5.32 Å². The lowest BCUT2D eigenvalue weighted by Crippen LogP contribution is -2.29. The molecule has 0 aromatic heterocycles.